The molecule has 0 amide bonds. The van der Waals surface area contributed by atoms with Gasteiger partial charge in [0.05, 0.1) is 0 Å². The van der Waals surface area contributed by atoms with Gasteiger partial charge in [-0.25, -0.2) is 0 Å². The summed E-state index contributed by atoms with van der Waals surface area (Å²) in [4.78, 5) is 0. The zero-order valence-electron chi connectivity index (χ0n) is 21.4. The van der Waals surface area contributed by atoms with Crippen LogP contribution in [0.5, 0.6) is 0 Å². The maximum Gasteiger partial charge on any atom is -0.0443 e. The minimum atomic E-state index is 0.966. The first-order valence-electron chi connectivity index (χ1n) is 14.2. The van der Waals surface area contributed by atoms with Crippen molar-refractivity contribution in [2.24, 2.45) is 11.8 Å². The summed E-state index contributed by atoms with van der Waals surface area (Å²) in [5.74, 6) is 1.93. The van der Waals surface area contributed by atoms with Crippen molar-refractivity contribution in [2.45, 2.75) is 175 Å². The Labute approximate surface area is 187 Å². The molecular weight excluding hydrogens is 348 g/mol. The van der Waals surface area contributed by atoms with Crippen molar-refractivity contribution >= 4 is 0 Å². The van der Waals surface area contributed by atoms with Crippen molar-refractivity contribution in [3.8, 4) is 0 Å². The van der Waals surface area contributed by atoms with E-state index in [1.807, 2.05) is 0 Å². The van der Waals surface area contributed by atoms with E-state index in [0.717, 1.165) is 11.8 Å². The van der Waals surface area contributed by atoms with Gasteiger partial charge in [0.1, 0.15) is 0 Å². The number of hydrogen-bond donors (Lipinski definition) is 0. The first-order valence-corrected chi connectivity index (χ1v) is 14.2. The van der Waals surface area contributed by atoms with E-state index in [2.05, 4.69) is 27.7 Å². The van der Waals surface area contributed by atoms with Crippen LogP contribution in [-0.4, -0.2) is 0 Å². The molecule has 0 aliphatic rings. The molecule has 0 aliphatic heterocycles. The molecule has 0 nitrogen and oxygen atoms in total. The van der Waals surface area contributed by atoms with Crippen LogP contribution in [0.2, 0.25) is 0 Å². The fraction of sp³-hybridized carbons (Fsp3) is 1.00. The van der Waals surface area contributed by atoms with Crippen molar-refractivity contribution in [2.75, 3.05) is 0 Å². The minimum absolute atomic E-state index is 0.966. The van der Waals surface area contributed by atoms with Crippen LogP contribution in [-0.2, 0) is 0 Å². The first kappa shape index (κ1) is 29.0. The highest BCUT2D eigenvalue weighted by Gasteiger charge is 2.03. The maximum absolute atomic E-state index is 2.49. The number of unbranched alkanes of at least 4 members (excludes halogenated alkanes) is 16. The lowest BCUT2D eigenvalue weighted by Gasteiger charge is -2.11. The molecule has 0 fully saturated rings. The van der Waals surface area contributed by atoms with Gasteiger partial charge in [-0.05, 0) is 11.8 Å². The summed E-state index contributed by atoms with van der Waals surface area (Å²) in [6.45, 7) is 9.56. The van der Waals surface area contributed by atoms with Gasteiger partial charge < -0.3 is 0 Å². The molecular formula is C29H60. The molecule has 0 aliphatic carbocycles. The summed E-state index contributed by atoms with van der Waals surface area (Å²) in [7, 11) is 0. The van der Waals surface area contributed by atoms with E-state index in [1.165, 1.54) is 148 Å². The van der Waals surface area contributed by atoms with E-state index < -0.39 is 0 Å². The van der Waals surface area contributed by atoms with Crippen LogP contribution in [0.15, 0.2) is 0 Å². The van der Waals surface area contributed by atoms with Gasteiger partial charge in [0.15, 0.2) is 0 Å². The smallest absolute Gasteiger partial charge is 0.0443 e. The van der Waals surface area contributed by atoms with Gasteiger partial charge in [-0.1, -0.05) is 175 Å². The largest absolute Gasteiger partial charge is 0.0654 e. The van der Waals surface area contributed by atoms with E-state index >= 15 is 0 Å². The fourth-order valence-corrected chi connectivity index (χ4v) is 4.69. The van der Waals surface area contributed by atoms with Crippen molar-refractivity contribution in [3.05, 3.63) is 0 Å². The monoisotopic (exact) mass is 408 g/mol. The SMILES string of the molecule is CCCCCCCCCC[C@H](C)CCCCCCCCCCC[C@@H](C)CCCC. The second-order valence-corrected chi connectivity index (χ2v) is 10.4. The average molecular weight is 409 g/mol. The molecule has 0 heteroatoms. The van der Waals surface area contributed by atoms with Crippen LogP contribution in [0.3, 0.4) is 0 Å². The molecule has 0 radical (unpaired) electrons. The summed E-state index contributed by atoms with van der Waals surface area (Å²) in [5, 5.41) is 0. The Kier molecular flexibility index (Phi) is 24.3. The lowest BCUT2D eigenvalue weighted by molar-refractivity contribution is 0.428. The molecule has 29 heavy (non-hydrogen) atoms. The lowest BCUT2D eigenvalue weighted by Crippen LogP contribution is -1.95. The van der Waals surface area contributed by atoms with E-state index in [9.17, 15) is 0 Å². The number of hydrogen-bond acceptors (Lipinski definition) is 0. The Bertz CT molecular complexity index is 282. The van der Waals surface area contributed by atoms with Crippen LogP contribution >= 0.6 is 0 Å². The molecule has 0 aromatic heterocycles. The molecule has 2 atom stereocenters. The summed E-state index contributed by atoms with van der Waals surface area (Å²) >= 11 is 0. The predicted molar refractivity (Wildman–Crippen MR) is 136 cm³/mol. The standard InChI is InChI=1S/C29H60/c1-5-7-9-10-11-15-18-22-26-29(4)27-23-20-17-14-12-13-16-19-21-25-28(3)24-8-6-2/h28-29H,5-27H2,1-4H3/t28-,29-/m0/s1. The highest BCUT2D eigenvalue weighted by atomic mass is 14.1. The second kappa shape index (κ2) is 24.3. The maximum atomic E-state index is 2.49. The third-order valence-corrected chi connectivity index (χ3v) is 6.99. The van der Waals surface area contributed by atoms with E-state index in [-0.39, 0.29) is 0 Å². The lowest BCUT2D eigenvalue weighted by atomic mass is 9.95. The van der Waals surface area contributed by atoms with E-state index in [1.54, 1.807) is 0 Å². The zero-order chi connectivity index (χ0) is 21.4. The molecule has 0 saturated carbocycles. The predicted octanol–water partition coefficient (Wildman–Crippen LogP) is 11.3. The third kappa shape index (κ3) is 24.1. The van der Waals surface area contributed by atoms with Crippen molar-refractivity contribution < 1.29 is 0 Å². The van der Waals surface area contributed by atoms with Crippen LogP contribution in [0.25, 0.3) is 0 Å². The summed E-state index contributed by atoms with van der Waals surface area (Å²) in [6.07, 6.45) is 33.7. The van der Waals surface area contributed by atoms with Gasteiger partial charge in [0, 0.05) is 0 Å². The van der Waals surface area contributed by atoms with Gasteiger partial charge >= 0.3 is 0 Å². The highest BCUT2D eigenvalue weighted by Crippen LogP contribution is 2.20. The molecule has 176 valence electrons. The molecule has 0 saturated heterocycles. The Balaban J connectivity index is 3.18. The second-order valence-electron chi connectivity index (χ2n) is 10.4. The van der Waals surface area contributed by atoms with Crippen molar-refractivity contribution in [1.29, 1.82) is 0 Å². The topological polar surface area (TPSA) is 0 Å². The van der Waals surface area contributed by atoms with Crippen LogP contribution in [0.1, 0.15) is 175 Å². The Morgan fingerprint density at radius 1 is 0.310 bits per heavy atom. The molecule has 0 spiro atoms. The molecule has 0 N–H and O–H groups in total. The van der Waals surface area contributed by atoms with Gasteiger partial charge in [-0.2, -0.15) is 0 Å². The normalized spacial score (nSPS) is 13.7. The zero-order valence-corrected chi connectivity index (χ0v) is 21.4. The van der Waals surface area contributed by atoms with Crippen LogP contribution < -0.4 is 0 Å². The molecule has 0 aromatic carbocycles. The summed E-state index contributed by atoms with van der Waals surface area (Å²) in [6, 6.07) is 0. The molecule has 0 heterocycles. The Hall–Kier alpha value is 0. The van der Waals surface area contributed by atoms with Gasteiger partial charge in [-0.15, -0.1) is 0 Å². The van der Waals surface area contributed by atoms with E-state index in [4.69, 9.17) is 0 Å². The first-order chi connectivity index (χ1) is 14.2. The minimum Gasteiger partial charge on any atom is -0.0654 e. The third-order valence-electron chi connectivity index (χ3n) is 6.99. The molecule has 0 rings (SSSR count). The molecule has 0 aromatic rings. The van der Waals surface area contributed by atoms with Crippen LogP contribution in [0, 0.1) is 11.8 Å². The van der Waals surface area contributed by atoms with Gasteiger partial charge in [0.2, 0.25) is 0 Å². The molecule has 0 unspecified atom stereocenters. The highest BCUT2D eigenvalue weighted by molar-refractivity contribution is 4.57. The van der Waals surface area contributed by atoms with Crippen molar-refractivity contribution in [3.63, 3.8) is 0 Å². The summed E-state index contributed by atoms with van der Waals surface area (Å²) in [5.41, 5.74) is 0. The van der Waals surface area contributed by atoms with Crippen molar-refractivity contribution in [1.82, 2.24) is 0 Å². The average Bonchev–Trinajstić information content (AvgIpc) is 2.72. The Morgan fingerprint density at radius 2 is 0.552 bits per heavy atom. The van der Waals surface area contributed by atoms with Crippen LogP contribution in [0.4, 0.5) is 0 Å². The summed E-state index contributed by atoms with van der Waals surface area (Å²) < 4.78 is 0. The molecule has 0 bridgehead atoms. The Morgan fingerprint density at radius 3 is 0.862 bits per heavy atom. The number of rotatable bonds is 24. The quantitative estimate of drug-likeness (QED) is 0.139. The van der Waals surface area contributed by atoms with Gasteiger partial charge in [-0.3, -0.25) is 0 Å². The fourth-order valence-electron chi connectivity index (χ4n) is 4.69. The van der Waals surface area contributed by atoms with Gasteiger partial charge in [0.25, 0.3) is 0 Å². The van der Waals surface area contributed by atoms with E-state index in [0.29, 0.717) is 0 Å².